The molecule has 20 heavy (non-hydrogen) atoms. The molecule has 0 amide bonds. The average Bonchev–Trinajstić information content (AvgIpc) is 2.50. The van der Waals surface area contributed by atoms with Crippen LogP contribution in [-0.4, -0.2) is 4.98 Å². The molecular formula is C18H17N2+. The van der Waals surface area contributed by atoms with Crippen LogP contribution in [0.4, 0.5) is 0 Å². The van der Waals surface area contributed by atoms with Crippen LogP contribution in [0.15, 0.2) is 73.2 Å². The van der Waals surface area contributed by atoms with E-state index in [1.54, 1.807) is 0 Å². The second-order valence-electron chi connectivity index (χ2n) is 4.94. The molecule has 3 aromatic rings. The smallest absolute Gasteiger partial charge is 0.231 e. The van der Waals surface area contributed by atoms with Crippen LogP contribution < -0.4 is 4.57 Å². The lowest BCUT2D eigenvalue weighted by Gasteiger charge is -2.04. The number of rotatable bonds is 3. The first-order valence-electron chi connectivity index (χ1n) is 6.77. The molecule has 3 rings (SSSR count). The van der Waals surface area contributed by atoms with Crippen molar-refractivity contribution in [3.05, 3.63) is 84.3 Å². The summed E-state index contributed by atoms with van der Waals surface area (Å²) < 4.78 is 2.23. The molecule has 0 bridgehead atoms. The van der Waals surface area contributed by atoms with Gasteiger partial charge < -0.3 is 0 Å². The summed E-state index contributed by atoms with van der Waals surface area (Å²) in [6.45, 7) is 2.96. The highest BCUT2D eigenvalue weighted by Gasteiger charge is 2.13. The fraction of sp³-hybridized carbons (Fsp3) is 0.111. The lowest BCUT2D eigenvalue weighted by molar-refractivity contribution is -0.678. The predicted octanol–water partition coefficient (Wildman–Crippen LogP) is 3.39. The van der Waals surface area contributed by atoms with Crippen molar-refractivity contribution in [2.45, 2.75) is 13.5 Å². The molecule has 0 aliphatic heterocycles. The Hall–Kier alpha value is -2.48. The van der Waals surface area contributed by atoms with Gasteiger partial charge in [0.25, 0.3) is 0 Å². The maximum absolute atomic E-state index is 4.26. The first-order valence-corrected chi connectivity index (χ1v) is 6.77. The maximum atomic E-state index is 4.26. The summed E-state index contributed by atoms with van der Waals surface area (Å²) >= 11 is 0. The van der Waals surface area contributed by atoms with Crippen LogP contribution in [0.25, 0.3) is 11.3 Å². The van der Waals surface area contributed by atoms with Crippen LogP contribution in [0.2, 0.25) is 0 Å². The monoisotopic (exact) mass is 261 g/mol. The average molecular weight is 261 g/mol. The Labute approximate surface area is 119 Å². The number of nitrogens with zero attached hydrogens (tertiary/aromatic N) is 2. The van der Waals surface area contributed by atoms with E-state index < -0.39 is 0 Å². The van der Waals surface area contributed by atoms with Gasteiger partial charge in [-0.3, -0.25) is 4.98 Å². The summed E-state index contributed by atoms with van der Waals surface area (Å²) in [4.78, 5) is 4.26. The standard InChI is InChI=1S/C18H17N2/c1-15-7-9-17(10-8-15)18-13-19-11-12-20(18)14-16-5-3-2-4-6-16/h2-13H,14H2,1H3/q+1. The molecule has 0 spiro atoms. The predicted molar refractivity (Wildman–Crippen MR) is 80.1 cm³/mol. The first-order chi connectivity index (χ1) is 9.83. The molecule has 2 nitrogen and oxygen atoms in total. The molecule has 0 fully saturated rings. The summed E-state index contributed by atoms with van der Waals surface area (Å²) in [6.07, 6.45) is 5.79. The van der Waals surface area contributed by atoms with Crippen molar-refractivity contribution in [1.29, 1.82) is 0 Å². The molecule has 1 heterocycles. The van der Waals surface area contributed by atoms with E-state index in [1.165, 1.54) is 16.7 Å². The largest absolute Gasteiger partial charge is 0.252 e. The van der Waals surface area contributed by atoms with E-state index in [0.717, 1.165) is 12.2 Å². The molecule has 0 atom stereocenters. The minimum atomic E-state index is 0.854. The van der Waals surface area contributed by atoms with Crippen molar-refractivity contribution in [2.75, 3.05) is 0 Å². The van der Waals surface area contributed by atoms with E-state index in [0.29, 0.717) is 0 Å². The number of hydrogen-bond acceptors (Lipinski definition) is 1. The molecule has 98 valence electrons. The van der Waals surface area contributed by atoms with Crippen LogP contribution in [0.1, 0.15) is 11.1 Å². The molecule has 0 aliphatic carbocycles. The highest BCUT2D eigenvalue weighted by Crippen LogP contribution is 2.15. The lowest BCUT2D eigenvalue weighted by Crippen LogP contribution is -2.36. The van der Waals surface area contributed by atoms with Crippen LogP contribution in [0.3, 0.4) is 0 Å². The zero-order valence-electron chi connectivity index (χ0n) is 11.5. The van der Waals surface area contributed by atoms with Crippen molar-refractivity contribution in [2.24, 2.45) is 0 Å². The fourth-order valence-electron chi connectivity index (χ4n) is 2.27. The Kier molecular flexibility index (Phi) is 3.55. The highest BCUT2D eigenvalue weighted by molar-refractivity contribution is 5.55. The molecule has 1 aromatic heterocycles. The van der Waals surface area contributed by atoms with E-state index in [1.807, 2.05) is 24.7 Å². The quantitative estimate of drug-likeness (QED) is 0.660. The van der Waals surface area contributed by atoms with Gasteiger partial charge in [-0.25, -0.2) is 0 Å². The van der Waals surface area contributed by atoms with Gasteiger partial charge in [-0.1, -0.05) is 48.0 Å². The van der Waals surface area contributed by atoms with E-state index in [2.05, 4.69) is 65.0 Å². The van der Waals surface area contributed by atoms with Crippen molar-refractivity contribution >= 4 is 0 Å². The van der Waals surface area contributed by atoms with Gasteiger partial charge in [0.2, 0.25) is 5.69 Å². The van der Waals surface area contributed by atoms with E-state index in [9.17, 15) is 0 Å². The Bertz CT molecular complexity index is 688. The summed E-state index contributed by atoms with van der Waals surface area (Å²) in [5.74, 6) is 0. The van der Waals surface area contributed by atoms with Crippen molar-refractivity contribution in [1.82, 2.24) is 4.98 Å². The Morgan fingerprint density at radius 2 is 1.70 bits per heavy atom. The van der Waals surface area contributed by atoms with Crippen LogP contribution in [-0.2, 0) is 6.54 Å². The van der Waals surface area contributed by atoms with Gasteiger partial charge in [0.05, 0.1) is 12.4 Å². The molecule has 0 N–H and O–H groups in total. The van der Waals surface area contributed by atoms with Crippen LogP contribution in [0, 0.1) is 6.92 Å². The molecule has 0 unspecified atom stereocenters. The van der Waals surface area contributed by atoms with Gasteiger partial charge in [0.15, 0.2) is 12.7 Å². The SMILES string of the molecule is Cc1ccc(-c2cncc[n+]2Cc2ccccc2)cc1. The maximum Gasteiger partial charge on any atom is 0.231 e. The third kappa shape index (κ3) is 2.75. The van der Waals surface area contributed by atoms with E-state index >= 15 is 0 Å². The summed E-state index contributed by atoms with van der Waals surface area (Å²) in [5.41, 5.74) is 4.89. The molecule has 0 saturated carbocycles. The summed E-state index contributed by atoms with van der Waals surface area (Å²) in [7, 11) is 0. The van der Waals surface area contributed by atoms with Crippen molar-refractivity contribution in [3.63, 3.8) is 0 Å². The third-order valence-corrected chi connectivity index (χ3v) is 3.38. The summed E-state index contributed by atoms with van der Waals surface area (Å²) in [5, 5.41) is 0. The highest BCUT2D eigenvalue weighted by atomic mass is 15.0. The van der Waals surface area contributed by atoms with Crippen molar-refractivity contribution in [3.8, 4) is 11.3 Å². The van der Waals surface area contributed by atoms with Gasteiger partial charge in [-0.15, -0.1) is 0 Å². The topological polar surface area (TPSA) is 16.8 Å². The zero-order chi connectivity index (χ0) is 13.8. The molecule has 0 saturated heterocycles. The second-order valence-corrected chi connectivity index (χ2v) is 4.94. The number of aromatic nitrogens is 2. The van der Waals surface area contributed by atoms with Crippen LogP contribution in [0.5, 0.6) is 0 Å². The molecule has 2 heteroatoms. The van der Waals surface area contributed by atoms with Gasteiger partial charge >= 0.3 is 0 Å². The number of benzene rings is 2. The Balaban J connectivity index is 1.98. The van der Waals surface area contributed by atoms with Gasteiger partial charge in [-0.05, 0) is 19.1 Å². The Morgan fingerprint density at radius 3 is 2.45 bits per heavy atom. The van der Waals surface area contributed by atoms with Crippen LogP contribution >= 0.6 is 0 Å². The normalized spacial score (nSPS) is 10.4. The minimum Gasteiger partial charge on any atom is -0.252 e. The van der Waals surface area contributed by atoms with E-state index in [4.69, 9.17) is 0 Å². The van der Waals surface area contributed by atoms with E-state index in [-0.39, 0.29) is 0 Å². The molecule has 2 aromatic carbocycles. The number of hydrogen-bond donors (Lipinski definition) is 0. The van der Waals surface area contributed by atoms with Gasteiger partial charge in [-0.2, -0.15) is 4.57 Å². The van der Waals surface area contributed by atoms with Gasteiger partial charge in [0, 0.05) is 11.1 Å². The number of aryl methyl sites for hydroxylation is 1. The first kappa shape index (κ1) is 12.5. The lowest BCUT2D eigenvalue weighted by atomic mass is 10.1. The fourth-order valence-corrected chi connectivity index (χ4v) is 2.27. The summed E-state index contributed by atoms with van der Waals surface area (Å²) in [6, 6.07) is 19.0. The molecule has 0 aliphatic rings. The third-order valence-electron chi connectivity index (χ3n) is 3.38. The molecular weight excluding hydrogens is 244 g/mol. The minimum absolute atomic E-state index is 0.854. The molecule has 0 radical (unpaired) electrons. The van der Waals surface area contributed by atoms with Crippen molar-refractivity contribution < 1.29 is 4.57 Å². The Morgan fingerprint density at radius 1 is 0.950 bits per heavy atom. The second kappa shape index (κ2) is 5.66. The van der Waals surface area contributed by atoms with Gasteiger partial charge in [0.1, 0.15) is 0 Å². The zero-order valence-corrected chi connectivity index (χ0v) is 11.5.